The number of nitrogens with one attached hydrogen (secondary N) is 1. The van der Waals surface area contributed by atoms with Crippen LogP contribution in [0.1, 0.15) is 52.8 Å². The minimum absolute atomic E-state index is 0.133. The van der Waals surface area contributed by atoms with Gasteiger partial charge in [-0.2, -0.15) is 5.10 Å². The Balaban J connectivity index is 2.37. The normalized spacial score (nSPS) is 22.5. The summed E-state index contributed by atoms with van der Waals surface area (Å²) >= 11 is 3.62. The van der Waals surface area contributed by atoms with E-state index < -0.39 is 0 Å². The van der Waals surface area contributed by atoms with Crippen LogP contribution in [0.3, 0.4) is 0 Å². The summed E-state index contributed by atoms with van der Waals surface area (Å²) < 4.78 is 3.11. The molecule has 1 fully saturated rings. The SMILES string of the molecule is CCCn1ncc(Br)c1C(NN)C1C(C)(C)C1(C)C. The van der Waals surface area contributed by atoms with E-state index in [2.05, 4.69) is 65.8 Å². The van der Waals surface area contributed by atoms with Gasteiger partial charge in [0.15, 0.2) is 0 Å². The Morgan fingerprint density at radius 3 is 2.42 bits per heavy atom. The maximum Gasteiger partial charge on any atom is 0.0712 e. The van der Waals surface area contributed by atoms with Gasteiger partial charge in [-0.05, 0) is 39.1 Å². The molecule has 1 saturated carbocycles. The van der Waals surface area contributed by atoms with Gasteiger partial charge in [0.2, 0.25) is 0 Å². The fourth-order valence-electron chi connectivity index (χ4n) is 3.48. The molecule has 2 rings (SSSR count). The summed E-state index contributed by atoms with van der Waals surface area (Å²) in [5.74, 6) is 6.38. The molecule has 0 saturated heterocycles. The summed E-state index contributed by atoms with van der Waals surface area (Å²) in [6, 6.07) is 0.133. The molecule has 4 nitrogen and oxygen atoms in total. The second-order valence-electron chi connectivity index (χ2n) is 6.67. The van der Waals surface area contributed by atoms with Gasteiger partial charge < -0.3 is 0 Å². The molecule has 0 amide bonds. The first-order valence-corrected chi connectivity index (χ1v) is 7.75. The van der Waals surface area contributed by atoms with Crippen molar-refractivity contribution in [2.45, 2.75) is 53.6 Å². The molecule has 108 valence electrons. The zero-order chi connectivity index (χ0) is 14.4. The lowest BCUT2D eigenvalue weighted by molar-refractivity contribution is 0.384. The number of aryl methyl sites for hydroxylation is 1. The third kappa shape index (κ3) is 2.16. The topological polar surface area (TPSA) is 55.9 Å². The van der Waals surface area contributed by atoms with Crippen LogP contribution in [0.2, 0.25) is 0 Å². The highest BCUT2D eigenvalue weighted by Gasteiger charge is 2.67. The molecule has 0 bridgehead atoms. The highest BCUT2D eigenvalue weighted by molar-refractivity contribution is 9.10. The van der Waals surface area contributed by atoms with Crippen LogP contribution in [0.4, 0.5) is 0 Å². The first kappa shape index (κ1) is 15.0. The Morgan fingerprint density at radius 1 is 1.42 bits per heavy atom. The van der Waals surface area contributed by atoms with Gasteiger partial charge >= 0.3 is 0 Å². The number of hydrogen-bond acceptors (Lipinski definition) is 3. The van der Waals surface area contributed by atoms with Gasteiger partial charge in [0.05, 0.1) is 22.4 Å². The molecular weight excluding hydrogens is 304 g/mol. The molecule has 1 unspecified atom stereocenters. The summed E-state index contributed by atoms with van der Waals surface area (Å²) in [6.07, 6.45) is 2.94. The average molecular weight is 329 g/mol. The Bertz CT molecular complexity index is 450. The average Bonchev–Trinajstić information content (AvgIpc) is 2.60. The molecule has 1 aliphatic carbocycles. The van der Waals surface area contributed by atoms with Gasteiger partial charge in [-0.25, -0.2) is 0 Å². The maximum absolute atomic E-state index is 5.87. The number of hydrazine groups is 1. The van der Waals surface area contributed by atoms with Gasteiger partial charge in [-0.15, -0.1) is 0 Å². The molecule has 1 aromatic heterocycles. The third-order valence-corrected chi connectivity index (χ3v) is 5.82. The molecule has 0 aliphatic heterocycles. The van der Waals surface area contributed by atoms with E-state index in [4.69, 9.17) is 5.84 Å². The monoisotopic (exact) mass is 328 g/mol. The van der Waals surface area contributed by atoms with E-state index in [1.54, 1.807) is 0 Å². The minimum Gasteiger partial charge on any atom is -0.271 e. The van der Waals surface area contributed by atoms with Crippen LogP contribution in [-0.2, 0) is 6.54 Å². The van der Waals surface area contributed by atoms with E-state index in [0.717, 1.165) is 17.4 Å². The molecule has 19 heavy (non-hydrogen) atoms. The Kier molecular flexibility index (Phi) is 3.84. The van der Waals surface area contributed by atoms with E-state index in [9.17, 15) is 0 Å². The predicted molar refractivity (Wildman–Crippen MR) is 81.3 cm³/mol. The first-order chi connectivity index (χ1) is 8.79. The van der Waals surface area contributed by atoms with Gasteiger partial charge in [-0.3, -0.25) is 16.0 Å². The van der Waals surface area contributed by atoms with Gasteiger partial charge in [-0.1, -0.05) is 34.6 Å². The van der Waals surface area contributed by atoms with Crippen molar-refractivity contribution in [1.29, 1.82) is 0 Å². The zero-order valence-electron chi connectivity index (χ0n) is 12.5. The molecule has 3 N–H and O–H groups in total. The summed E-state index contributed by atoms with van der Waals surface area (Å²) in [5, 5.41) is 4.45. The lowest BCUT2D eigenvalue weighted by Gasteiger charge is -2.20. The van der Waals surface area contributed by atoms with E-state index in [1.807, 2.05) is 6.20 Å². The van der Waals surface area contributed by atoms with Crippen molar-refractivity contribution in [3.8, 4) is 0 Å². The largest absolute Gasteiger partial charge is 0.271 e. The summed E-state index contributed by atoms with van der Waals surface area (Å²) in [5.41, 5.74) is 4.77. The van der Waals surface area contributed by atoms with Crippen LogP contribution in [0.25, 0.3) is 0 Å². The van der Waals surface area contributed by atoms with Crippen LogP contribution in [0, 0.1) is 16.7 Å². The Morgan fingerprint density at radius 2 is 2.00 bits per heavy atom. The number of halogens is 1. The van der Waals surface area contributed by atoms with Gasteiger partial charge in [0.1, 0.15) is 0 Å². The van der Waals surface area contributed by atoms with E-state index in [1.165, 1.54) is 5.69 Å². The van der Waals surface area contributed by atoms with Crippen LogP contribution >= 0.6 is 15.9 Å². The third-order valence-electron chi connectivity index (χ3n) is 5.21. The lowest BCUT2D eigenvalue weighted by atomic mass is 10.0. The molecule has 5 heteroatoms. The van der Waals surface area contributed by atoms with Gasteiger partial charge in [0, 0.05) is 6.54 Å². The van der Waals surface area contributed by atoms with E-state index in [0.29, 0.717) is 5.92 Å². The standard InChI is InChI=1S/C14H25BrN4/c1-6-7-19-11(9(15)8-17-19)10(18-16)12-13(2,3)14(12,4)5/h8,10,12,18H,6-7,16H2,1-5H3. The van der Waals surface area contributed by atoms with E-state index in [-0.39, 0.29) is 16.9 Å². The van der Waals surface area contributed by atoms with Crippen molar-refractivity contribution in [2.24, 2.45) is 22.6 Å². The maximum atomic E-state index is 5.87. The number of hydrogen-bond donors (Lipinski definition) is 2. The fourth-order valence-corrected chi connectivity index (χ4v) is 4.03. The number of nitrogens with two attached hydrogens (primary N) is 1. The molecular formula is C14H25BrN4. The highest BCUT2D eigenvalue weighted by atomic mass is 79.9. The van der Waals surface area contributed by atoms with Gasteiger partial charge in [0.25, 0.3) is 0 Å². The molecule has 0 aromatic carbocycles. The van der Waals surface area contributed by atoms with Crippen LogP contribution in [0.15, 0.2) is 10.7 Å². The predicted octanol–water partition coefficient (Wildman–Crippen LogP) is 3.24. The van der Waals surface area contributed by atoms with E-state index >= 15 is 0 Å². The molecule has 1 atom stereocenters. The number of nitrogens with zero attached hydrogens (tertiary/aromatic N) is 2. The molecule has 0 spiro atoms. The number of aromatic nitrogens is 2. The minimum atomic E-state index is 0.133. The second kappa shape index (κ2) is 4.86. The van der Waals surface area contributed by atoms with Crippen LogP contribution in [0.5, 0.6) is 0 Å². The fraction of sp³-hybridized carbons (Fsp3) is 0.786. The second-order valence-corrected chi connectivity index (χ2v) is 7.52. The zero-order valence-corrected chi connectivity index (χ0v) is 14.1. The number of rotatable bonds is 5. The Hall–Kier alpha value is -0.390. The molecule has 1 aromatic rings. The smallest absolute Gasteiger partial charge is 0.0712 e. The lowest BCUT2D eigenvalue weighted by Crippen LogP contribution is -2.33. The summed E-state index contributed by atoms with van der Waals surface area (Å²) in [7, 11) is 0. The summed E-state index contributed by atoms with van der Waals surface area (Å²) in [6.45, 7) is 12.3. The first-order valence-electron chi connectivity index (χ1n) is 6.96. The molecule has 1 heterocycles. The highest BCUT2D eigenvalue weighted by Crippen LogP contribution is 2.72. The molecule has 0 radical (unpaired) electrons. The van der Waals surface area contributed by atoms with Crippen molar-refractivity contribution in [2.75, 3.05) is 0 Å². The van der Waals surface area contributed by atoms with Crippen molar-refractivity contribution in [3.05, 3.63) is 16.4 Å². The summed E-state index contributed by atoms with van der Waals surface area (Å²) in [4.78, 5) is 0. The van der Waals surface area contributed by atoms with Crippen LogP contribution in [-0.4, -0.2) is 9.78 Å². The van der Waals surface area contributed by atoms with Crippen molar-refractivity contribution >= 4 is 15.9 Å². The van der Waals surface area contributed by atoms with Crippen molar-refractivity contribution in [3.63, 3.8) is 0 Å². The van der Waals surface area contributed by atoms with Crippen molar-refractivity contribution < 1.29 is 0 Å². The quantitative estimate of drug-likeness (QED) is 0.644. The molecule has 1 aliphatic rings. The van der Waals surface area contributed by atoms with Crippen molar-refractivity contribution in [1.82, 2.24) is 15.2 Å². The Labute approximate surface area is 124 Å². The van der Waals surface area contributed by atoms with Crippen LogP contribution < -0.4 is 11.3 Å².